The molecule has 16 amide bonds. The Hall–Kier alpha value is -10.2. The molecule has 0 unspecified atom stereocenters. The molecule has 0 aromatic carbocycles. The average molecular weight is 1650 g/mol. The third-order valence-corrected chi connectivity index (χ3v) is 17.7. The van der Waals surface area contributed by atoms with Gasteiger partial charge in [-0.25, -0.2) is 28.8 Å². The first-order chi connectivity index (χ1) is 54.6. The monoisotopic (exact) mass is 1640 g/mol. The summed E-state index contributed by atoms with van der Waals surface area (Å²) in [5.41, 5.74) is -3.26. The standard InChI is InChI=1S/C78H132N16O22/c1-15-47-111-69(105)79-39-23-19-33-53-63(99)91-55(35-21-27-43-83-73(109)115-77(9,10)11)67(103)93-45-29-37-57(93)65(101)86-50-60(96)88-52(32-18-26-42-82-72(108)114-76(6,7)8)62(98)90-54(34-20-24-40-80-70(106)112-48-16-2)64(100)92-56(36-22-28-44-84-74(110)116-78(12,13)14)68(104)94-46-30-38-58(94)66(102)85-49-59(95)87-51(61(97)89-53)31-17-25-41-81-71(107)113-75(3,4)5/h15-16,51-58H,1-2,17-50H2,3-14H3,(H,79,105)(H,80,106)(H,81,107)(H,82,108)(H,83,109)(H,84,110)(H,85,102)(H,86,101)(H,87,95)(H,88,96)(H,89,97)(H,90,98)(H,91,99)(H,92,100)/t51-,52-,53-,54-,55-,56-,57-,58-/m0/s1. The van der Waals surface area contributed by atoms with Crippen LogP contribution in [0.15, 0.2) is 25.3 Å². The lowest BCUT2D eigenvalue weighted by molar-refractivity contribution is -0.142. The number of nitrogens with zero attached hydrogens (tertiary/aromatic N) is 2. The normalized spacial score (nSPS) is 20.8. The van der Waals surface area contributed by atoms with Gasteiger partial charge in [0, 0.05) is 52.4 Å². The Bertz CT molecular complexity index is 3070. The van der Waals surface area contributed by atoms with E-state index in [-0.39, 0.29) is 207 Å². The number of alkyl carbamates (subject to hydrolysis) is 6. The van der Waals surface area contributed by atoms with Crippen LogP contribution in [-0.2, 0) is 76.4 Å². The number of amides is 16. The van der Waals surface area contributed by atoms with Gasteiger partial charge in [-0.2, -0.15) is 0 Å². The summed E-state index contributed by atoms with van der Waals surface area (Å²) in [6, 6.07) is -11.0. The molecule has 0 aliphatic carbocycles. The van der Waals surface area contributed by atoms with Gasteiger partial charge in [0.1, 0.15) is 84.0 Å². The number of unbranched alkanes of at least 4 members (excludes halogenated alkanes) is 6. The van der Waals surface area contributed by atoms with E-state index in [0.29, 0.717) is 0 Å². The van der Waals surface area contributed by atoms with Crippen molar-refractivity contribution in [1.82, 2.24) is 84.2 Å². The first-order valence-corrected chi connectivity index (χ1v) is 40.5. The lowest BCUT2D eigenvalue weighted by Crippen LogP contribution is -2.59. The fourth-order valence-electron chi connectivity index (χ4n) is 12.4. The van der Waals surface area contributed by atoms with Crippen molar-refractivity contribution >= 4 is 95.6 Å². The van der Waals surface area contributed by atoms with E-state index in [4.69, 9.17) is 28.4 Å². The van der Waals surface area contributed by atoms with Crippen LogP contribution >= 0.6 is 0 Å². The maximum atomic E-state index is 15.2. The molecule has 0 radical (unpaired) electrons. The minimum atomic E-state index is -1.46. The van der Waals surface area contributed by atoms with E-state index in [1.807, 2.05) is 0 Å². The van der Waals surface area contributed by atoms with E-state index in [1.54, 1.807) is 83.1 Å². The molecule has 0 spiro atoms. The fraction of sp³-hybridized carbons (Fsp3) is 0.744. The van der Waals surface area contributed by atoms with E-state index in [2.05, 4.69) is 87.6 Å². The second kappa shape index (κ2) is 51.7. The van der Waals surface area contributed by atoms with E-state index < -0.39 is 179 Å². The number of nitrogens with one attached hydrogen (secondary N) is 14. The smallest absolute Gasteiger partial charge is 0.407 e. The molecular weight excluding hydrogens is 1510 g/mol. The third kappa shape index (κ3) is 43.0. The van der Waals surface area contributed by atoms with Gasteiger partial charge in [-0.3, -0.25) is 47.9 Å². The van der Waals surface area contributed by atoms with Crippen molar-refractivity contribution in [2.24, 2.45) is 0 Å². The molecule has 116 heavy (non-hydrogen) atoms. The topological polar surface area (TPSA) is 503 Å². The highest BCUT2D eigenvalue weighted by atomic mass is 16.6. The predicted molar refractivity (Wildman–Crippen MR) is 426 cm³/mol. The highest BCUT2D eigenvalue weighted by Gasteiger charge is 2.42. The van der Waals surface area contributed by atoms with Crippen LogP contribution in [0.5, 0.6) is 0 Å². The van der Waals surface area contributed by atoms with Crippen LogP contribution in [0.4, 0.5) is 28.8 Å². The van der Waals surface area contributed by atoms with Crippen molar-refractivity contribution in [3.63, 3.8) is 0 Å². The van der Waals surface area contributed by atoms with Crippen molar-refractivity contribution in [3.8, 4) is 0 Å². The van der Waals surface area contributed by atoms with Crippen LogP contribution in [0.2, 0.25) is 0 Å². The second-order valence-corrected chi connectivity index (χ2v) is 32.6. The zero-order valence-corrected chi connectivity index (χ0v) is 70.1. The number of rotatable bonds is 34. The summed E-state index contributed by atoms with van der Waals surface area (Å²) in [4.78, 5) is 225. The number of fused-ring (bicyclic) bond motifs is 2. The van der Waals surface area contributed by atoms with E-state index in [9.17, 15) is 57.5 Å². The van der Waals surface area contributed by atoms with Crippen LogP contribution < -0.4 is 74.4 Å². The molecule has 656 valence electrons. The average Bonchev–Trinajstić information content (AvgIpc) is 1.68. The zero-order chi connectivity index (χ0) is 86.6. The van der Waals surface area contributed by atoms with Crippen LogP contribution in [-0.4, -0.2) is 255 Å². The second-order valence-electron chi connectivity index (χ2n) is 32.6. The van der Waals surface area contributed by atoms with Gasteiger partial charge < -0.3 is 113 Å². The summed E-state index contributed by atoms with van der Waals surface area (Å²) in [5, 5.41) is 37.5. The van der Waals surface area contributed by atoms with Crippen LogP contribution in [0, 0.1) is 0 Å². The third-order valence-electron chi connectivity index (χ3n) is 17.7. The molecule has 3 heterocycles. The largest absolute Gasteiger partial charge is 0.445 e. The van der Waals surface area contributed by atoms with Gasteiger partial charge in [0.05, 0.1) is 13.1 Å². The van der Waals surface area contributed by atoms with Gasteiger partial charge >= 0.3 is 36.6 Å². The lowest BCUT2D eigenvalue weighted by Gasteiger charge is -2.31. The molecule has 0 saturated carbocycles. The Morgan fingerprint density at radius 3 is 0.828 bits per heavy atom. The number of carbonyl (C=O) groups excluding carboxylic acids is 16. The Balaban J connectivity index is 2.26. The van der Waals surface area contributed by atoms with Crippen LogP contribution in [0.3, 0.4) is 0 Å². The molecular formula is C78H132N16O22. The minimum Gasteiger partial charge on any atom is -0.445 e. The van der Waals surface area contributed by atoms with E-state index in [0.717, 1.165) is 0 Å². The van der Waals surface area contributed by atoms with Gasteiger partial charge in [-0.05, 0) is 224 Å². The molecule has 3 aliphatic rings. The summed E-state index contributed by atoms with van der Waals surface area (Å²) < 4.78 is 31.6. The summed E-state index contributed by atoms with van der Waals surface area (Å²) in [6.07, 6.45) is 1.18. The lowest BCUT2D eigenvalue weighted by atomic mass is 10.0. The number of hydrogen-bond donors (Lipinski definition) is 14. The Morgan fingerprint density at radius 1 is 0.345 bits per heavy atom. The predicted octanol–water partition coefficient (Wildman–Crippen LogP) is 4.07. The van der Waals surface area contributed by atoms with Crippen molar-refractivity contribution in [2.45, 2.75) is 295 Å². The van der Waals surface area contributed by atoms with Gasteiger partial charge in [0.15, 0.2) is 0 Å². The molecule has 38 heteroatoms. The molecule has 0 aromatic heterocycles. The first-order valence-electron chi connectivity index (χ1n) is 40.5. The maximum Gasteiger partial charge on any atom is 0.407 e. The molecule has 8 atom stereocenters. The van der Waals surface area contributed by atoms with Gasteiger partial charge in [0.2, 0.25) is 59.1 Å². The SMILES string of the molecule is C=CCOC(=O)NCCCC[C@@H]1NC(=O)[C@H](CCCCNC(=O)OC(C)(C)C)NC(=O)CNC(=O)[C@@H]2CCCN2C(=O)[C@H](CCCCNC(=O)OC(C)(C)C)NC(=O)[C@H](CCCCNC(=O)OCC=C)NC(=O)[C@H](CCCCNC(=O)OC(C)(C)C)NC(=O)CNC(=O)[C@@H]2CCCN2C(=O)[C@H](CCCCNC(=O)OC(C)(C)C)NC1=O. The molecule has 3 rings (SSSR count). The zero-order valence-electron chi connectivity index (χ0n) is 70.1. The number of hydrogen-bond acceptors (Lipinski definition) is 22. The maximum absolute atomic E-state index is 15.2. The molecule has 0 bridgehead atoms. The van der Waals surface area contributed by atoms with Gasteiger partial charge in [-0.1, -0.05) is 25.3 Å². The minimum absolute atomic E-state index is 0.00686. The Kier molecular flexibility index (Phi) is 44.6. The fourth-order valence-corrected chi connectivity index (χ4v) is 12.4. The van der Waals surface area contributed by atoms with Crippen LogP contribution in [0.25, 0.3) is 0 Å². The van der Waals surface area contributed by atoms with Gasteiger partial charge in [-0.15, -0.1) is 0 Å². The quantitative estimate of drug-likeness (QED) is 0.0245. The Labute approximate surface area is 681 Å². The molecule has 14 N–H and O–H groups in total. The highest BCUT2D eigenvalue weighted by molar-refractivity contribution is 5.99. The molecule has 38 nitrogen and oxygen atoms in total. The molecule has 3 fully saturated rings. The van der Waals surface area contributed by atoms with Crippen molar-refractivity contribution < 1.29 is 105 Å². The Morgan fingerprint density at radius 2 is 0.578 bits per heavy atom. The highest BCUT2D eigenvalue weighted by Crippen LogP contribution is 2.24. The van der Waals surface area contributed by atoms with Crippen molar-refractivity contribution in [2.75, 3.05) is 78.7 Å². The molecule has 0 aromatic rings. The molecule has 3 saturated heterocycles. The van der Waals surface area contributed by atoms with E-state index in [1.165, 1.54) is 22.0 Å². The number of carbonyl (C=O) groups is 16. The van der Waals surface area contributed by atoms with Crippen molar-refractivity contribution in [3.05, 3.63) is 25.3 Å². The number of ether oxygens (including phenoxy) is 6. The molecule has 3 aliphatic heterocycles. The van der Waals surface area contributed by atoms with Crippen molar-refractivity contribution in [1.29, 1.82) is 0 Å². The first kappa shape index (κ1) is 100.0. The summed E-state index contributed by atoms with van der Waals surface area (Å²) in [7, 11) is 0. The van der Waals surface area contributed by atoms with E-state index >= 15 is 19.2 Å². The van der Waals surface area contributed by atoms with Crippen LogP contribution in [0.1, 0.15) is 224 Å². The summed E-state index contributed by atoms with van der Waals surface area (Å²) >= 11 is 0. The summed E-state index contributed by atoms with van der Waals surface area (Å²) in [5.74, 6) is -8.27. The summed E-state index contributed by atoms with van der Waals surface area (Å²) in [6.45, 7) is 26.2. The van der Waals surface area contributed by atoms with Gasteiger partial charge in [0.25, 0.3) is 0 Å².